The maximum absolute atomic E-state index is 12.6. The van der Waals surface area contributed by atoms with Gasteiger partial charge >= 0.3 is 0 Å². The van der Waals surface area contributed by atoms with Crippen LogP contribution in [0.15, 0.2) is 43.0 Å². The third-order valence-corrected chi connectivity index (χ3v) is 5.80. The van der Waals surface area contributed by atoms with Gasteiger partial charge in [0, 0.05) is 5.56 Å². The molecule has 2 atom stereocenters. The summed E-state index contributed by atoms with van der Waals surface area (Å²) in [7, 11) is 0. The number of benzene rings is 1. The number of rotatable bonds is 9. The maximum atomic E-state index is 12.6. The quantitative estimate of drug-likeness (QED) is 0.486. The maximum Gasteiger partial charge on any atom is 0.256 e. The Labute approximate surface area is 188 Å². The number of hydrogen-bond acceptors (Lipinski definition) is 6. The van der Waals surface area contributed by atoms with Gasteiger partial charge in [0.05, 0.1) is 19.0 Å². The first kappa shape index (κ1) is 22.4. The molecule has 8 heteroatoms. The number of nitrogens with one attached hydrogen (secondary N) is 1. The highest BCUT2D eigenvalue weighted by Crippen LogP contribution is 2.34. The van der Waals surface area contributed by atoms with Gasteiger partial charge in [0.25, 0.3) is 5.91 Å². The van der Waals surface area contributed by atoms with E-state index < -0.39 is 5.79 Å². The standard InChI is InChI=1S/C24H31N5O3/c1-4-5-6-10-13-18(19-14-31-24(2,3)32-19)29-16-27-20-21(25-15-26-22(20)29)28-23(30)17-11-8-7-9-12-17/h7-9,11-12,15-16,18-19H,4-6,10,13-14H2,1-3H3,(H,25,26,28,30)/t18-,19+/m1/s1. The average Bonchev–Trinajstić information content (AvgIpc) is 3.38. The Balaban J connectivity index is 1.61. The van der Waals surface area contributed by atoms with Gasteiger partial charge in [0.2, 0.25) is 0 Å². The summed E-state index contributed by atoms with van der Waals surface area (Å²) in [5.74, 6) is -0.436. The number of hydrogen-bond donors (Lipinski definition) is 1. The van der Waals surface area contributed by atoms with Crippen molar-refractivity contribution in [1.82, 2.24) is 19.5 Å². The third-order valence-electron chi connectivity index (χ3n) is 5.80. The number of nitrogens with zero attached hydrogens (tertiary/aromatic N) is 4. The summed E-state index contributed by atoms with van der Waals surface area (Å²) in [6.07, 6.45) is 8.73. The number of carbonyl (C=O) groups is 1. The van der Waals surface area contributed by atoms with Gasteiger partial charge in [-0.25, -0.2) is 15.0 Å². The van der Waals surface area contributed by atoms with Crippen LogP contribution in [0.25, 0.3) is 11.2 Å². The molecular formula is C24H31N5O3. The first-order valence-electron chi connectivity index (χ1n) is 11.3. The Hall–Kier alpha value is -2.84. The van der Waals surface area contributed by atoms with E-state index in [1.165, 1.54) is 25.6 Å². The largest absolute Gasteiger partial charge is 0.348 e. The topological polar surface area (TPSA) is 91.2 Å². The highest BCUT2D eigenvalue weighted by atomic mass is 16.7. The van der Waals surface area contributed by atoms with Gasteiger partial charge in [-0.3, -0.25) is 4.79 Å². The number of carbonyl (C=O) groups excluding carboxylic acids is 1. The van der Waals surface area contributed by atoms with Gasteiger partial charge in [-0.05, 0) is 32.4 Å². The third kappa shape index (κ3) is 4.97. The molecule has 2 aromatic heterocycles. The zero-order chi connectivity index (χ0) is 22.6. The van der Waals surface area contributed by atoms with Gasteiger partial charge in [-0.15, -0.1) is 0 Å². The molecule has 4 rings (SSSR count). The molecule has 1 aliphatic rings. The molecule has 1 amide bonds. The summed E-state index contributed by atoms with van der Waals surface area (Å²) < 4.78 is 14.1. The Morgan fingerprint density at radius 1 is 1.19 bits per heavy atom. The van der Waals surface area contributed by atoms with E-state index in [0.29, 0.717) is 29.2 Å². The van der Waals surface area contributed by atoms with Crippen LogP contribution in [0, 0.1) is 0 Å². The molecule has 0 unspecified atom stereocenters. The fourth-order valence-corrected chi connectivity index (χ4v) is 4.14. The molecule has 1 fully saturated rings. The van der Waals surface area contributed by atoms with E-state index in [1.807, 2.05) is 32.0 Å². The van der Waals surface area contributed by atoms with Crippen LogP contribution < -0.4 is 5.32 Å². The van der Waals surface area contributed by atoms with Crippen molar-refractivity contribution in [2.75, 3.05) is 11.9 Å². The van der Waals surface area contributed by atoms with Crippen molar-refractivity contribution in [1.29, 1.82) is 0 Å². The van der Waals surface area contributed by atoms with Crippen molar-refractivity contribution in [3.63, 3.8) is 0 Å². The Kier molecular flexibility index (Phi) is 6.81. The van der Waals surface area contributed by atoms with Gasteiger partial charge in [-0.1, -0.05) is 50.8 Å². The van der Waals surface area contributed by atoms with Gasteiger partial charge in [0.1, 0.15) is 12.4 Å². The van der Waals surface area contributed by atoms with E-state index in [-0.39, 0.29) is 18.1 Å². The zero-order valence-electron chi connectivity index (χ0n) is 19.0. The average molecular weight is 438 g/mol. The Bertz CT molecular complexity index is 1050. The minimum absolute atomic E-state index is 0.0335. The molecule has 0 saturated carbocycles. The molecule has 1 saturated heterocycles. The fourth-order valence-electron chi connectivity index (χ4n) is 4.14. The zero-order valence-corrected chi connectivity index (χ0v) is 19.0. The van der Waals surface area contributed by atoms with Gasteiger partial charge < -0.3 is 19.4 Å². The lowest BCUT2D eigenvalue weighted by molar-refractivity contribution is -0.143. The summed E-state index contributed by atoms with van der Waals surface area (Å²) in [6, 6.07) is 9.08. The Morgan fingerprint density at radius 3 is 2.72 bits per heavy atom. The molecule has 0 aliphatic carbocycles. The number of amides is 1. The monoisotopic (exact) mass is 437 g/mol. The summed E-state index contributed by atoms with van der Waals surface area (Å²) in [4.78, 5) is 26.0. The van der Waals surface area contributed by atoms with Crippen molar-refractivity contribution in [2.45, 2.75) is 70.8 Å². The molecule has 170 valence electrons. The number of anilines is 1. The van der Waals surface area contributed by atoms with E-state index in [2.05, 4.69) is 31.8 Å². The number of unbranched alkanes of at least 4 members (excludes halogenated alkanes) is 3. The van der Waals surface area contributed by atoms with Crippen molar-refractivity contribution in [3.05, 3.63) is 48.5 Å². The molecule has 0 spiro atoms. The van der Waals surface area contributed by atoms with Crippen LogP contribution in [0.1, 0.15) is 69.3 Å². The molecule has 3 aromatic rings. The second-order valence-corrected chi connectivity index (χ2v) is 8.65. The second-order valence-electron chi connectivity index (χ2n) is 8.65. The molecule has 3 heterocycles. The highest BCUT2D eigenvalue weighted by Gasteiger charge is 2.38. The summed E-state index contributed by atoms with van der Waals surface area (Å²) in [5, 5.41) is 2.87. The second kappa shape index (κ2) is 9.75. The van der Waals surface area contributed by atoms with Crippen LogP contribution in [0.2, 0.25) is 0 Å². The lowest BCUT2D eigenvalue weighted by atomic mass is 10.0. The molecule has 32 heavy (non-hydrogen) atoms. The first-order chi connectivity index (χ1) is 15.5. The minimum atomic E-state index is -0.605. The van der Waals surface area contributed by atoms with Crippen molar-refractivity contribution < 1.29 is 14.3 Å². The molecule has 1 N–H and O–H groups in total. The lowest BCUT2D eigenvalue weighted by Crippen LogP contribution is -2.29. The van der Waals surface area contributed by atoms with E-state index in [4.69, 9.17) is 9.47 Å². The van der Waals surface area contributed by atoms with Gasteiger partial charge in [-0.2, -0.15) is 0 Å². The number of ether oxygens (including phenoxy) is 2. The minimum Gasteiger partial charge on any atom is -0.348 e. The molecule has 8 nitrogen and oxygen atoms in total. The van der Waals surface area contributed by atoms with Crippen LogP contribution in [0.5, 0.6) is 0 Å². The summed E-state index contributed by atoms with van der Waals surface area (Å²) in [5.41, 5.74) is 1.80. The fraction of sp³-hybridized carbons (Fsp3) is 0.500. The van der Waals surface area contributed by atoms with Crippen LogP contribution in [0.4, 0.5) is 5.82 Å². The number of aromatic nitrogens is 4. The van der Waals surface area contributed by atoms with E-state index >= 15 is 0 Å². The summed E-state index contributed by atoms with van der Waals surface area (Å²) in [6.45, 7) is 6.60. The highest BCUT2D eigenvalue weighted by molar-refractivity contribution is 6.06. The van der Waals surface area contributed by atoms with Crippen LogP contribution in [0.3, 0.4) is 0 Å². The molecule has 0 bridgehead atoms. The van der Waals surface area contributed by atoms with Gasteiger partial charge in [0.15, 0.2) is 22.8 Å². The lowest BCUT2D eigenvalue weighted by Gasteiger charge is -2.25. The molecule has 1 aromatic carbocycles. The van der Waals surface area contributed by atoms with Crippen molar-refractivity contribution in [3.8, 4) is 0 Å². The van der Waals surface area contributed by atoms with Crippen molar-refractivity contribution >= 4 is 22.9 Å². The van der Waals surface area contributed by atoms with Crippen molar-refractivity contribution in [2.24, 2.45) is 0 Å². The van der Waals surface area contributed by atoms with Crippen LogP contribution in [-0.2, 0) is 9.47 Å². The Morgan fingerprint density at radius 2 is 2.00 bits per heavy atom. The SMILES string of the molecule is CCCCCC[C@H]([C@@H]1COC(C)(C)O1)n1cnc2c(NC(=O)c3ccccc3)ncnc21. The molecule has 0 radical (unpaired) electrons. The predicted molar refractivity (Wildman–Crippen MR) is 122 cm³/mol. The summed E-state index contributed by atoms with van der Waals surface area (Å²) >= 11 is 0. The van der Waals surface area contributed by atoms with E-state index in [1.54, 1.807) is 18.5 Å². The van der Waals surface area contributed by atoms with E-state index in [9.17, 15) is 4.79 Å². The molecule has 1 aliphatic heterocycles. The van der Waals surface area contributed by atoms with E-state index in [0.717, 1.165) is 12.8 Å². The van der Waals surface area contributed by atoms with Crippen LogP contribution in [-0.4, -0.2) is 43.9 Å². The normalized spacial score (nSPS) is 18.7. The first-order valence-corrected chi connectivity index (χ1v) is 11.3. The number of fused-ring (bicyclic) bond motifs is 1. The van der Waals surface area contributed by atoms with Crippen LogP contribution >= 0.6 is 0 Å². The predicted octanol–water partition coefficient (Wildman–Crippen LogP) is 4.74. The smallest absolute Gasteiger partial charge is 0.256 e. The molecular weight excluding hydrogens is 406 g/mol. The number of imidazole rings is 1.